The van der Waals surface area contributed by atoms with E-state index in [1.165, 1.54) is 38.8 Å². The highest BCUT2D eigenvalue weighted by molar-refractivity contribution is 4.95. The Hall–Kier alpha value is -0.160. The van der Waals surface area contributed by atoms with Gasteiger partial charge in [0.15, 0.2) is 0 Å². The van der Waals surface area contributed by atoms with Gasteiger partial charge in [0.2, 0.25) is 0 Å². The van der Waals surface area contributed by atoms with E-state index in [1.54, 1.807) is 0 Å². The average Bonchev–Trinajstić information content (AvgIpc) is 2.95. The Labute approximate surface area is 110 Å². The predicted octanol–water partition coefficient (Wildman–Crippen LogP) is 0.743. The maximum Gasteiger partial charge on any atom is 0.105 e. The third-order valence-electron chi connectivity index (χ3n) is 5.18. The molecule has 0 radical (unpaired) electrons. The van der Waals surface area contributed by atoms with E-state index in [0.717, 1.165) is 12.5 Å². The Morgan fingerprint density at radius 2 is 2.28 bits per heavy atom. The van der Waals surface area contributed by atoms with E-state index in [1.807, 2.05) is 6.92 Å². The fraction of sp³-hybridized carbons (Fsp3) is 1.00. The third kappa shape index (κ3) is 2.44. The van der Waals surface area contributed by atoms with Gasteiger partial charge in [-0.3, -0.25) is 0 Å². The van der Waals surface area contributed by atoms with Crippen molar-refractivity contribution in [3.63, 3.8) is 0 Å². The van der Waals surface area contributed by atoms with E-state index in [0.29, 0.717) is 19.2 Å². The summed E-state index contributed by atoms with van der Waals surface area (Å²) in [5.41, 5.74) is -0.646. The molecule has 3 saturated heterocycles. The zero-order valence-electron chi connectivity index (χ0n) is 11.4. The molecule has 3 aliphatic heterocycles. The number of ether oxygens (including phenoxy) is 1. The minimum atomic E-state index is -0.646. The lowest BCUT2D eigenvalue weighted by Gasteiger charge is -2.37. The molecule has 3 aliphatic rings. The lowest BCUT2D eigenvalue weighted by atomic mass is 9.93. The van der Waals surface area contributed by atoms with Crippen molar-refractivity contribution in [2.75, 3.05) is 26.2 Å². The van der Waals surface area contributed by atoms with Crippen molar-refractivity contribution in [2.45, 2.75) is 62.8 Å². The van der Waals surface area contributed by atoms with Crippen LogP contribution in [0.15, 0.2) is 0 Å². The van der Waals surface area contributed by atoms with Crippen LogP contribution in [-0.2, 0) is 4.74 Å². The smallest absolute Gasteiger partial charge is 0.105 e. The lowest BCUT2D eigenvalue weighted by Crippen LogP contribution is -2.52. The molecule has 4 nitrogen and oxygen atoms in total. The van der Waals surface area contributed by atoms with Crippen LogP contribution in [-0.4, -0.2) is 60.0 Å². The molecule has 3 fully saturated rings. The molecule has 4 atom stereocenters. The van der Waals surface area contributed by atoms with Crippen LogP contribution in [0.5, 0.6) is 0 Å². The van der Waals surface area contributed by atoms with Gasteiger partial charge in [0.05, 0.1) is 6.10 Å². The van der Waals surface area contributed by atoms with Crippen LogP contribution in [0, 0.1) is 0 Å². The summed E-state index contributed by atoms with van der Waals surface area (Å²) >= 11 is 0. The van der Waals surface area contributed by atoms with Gasteiger partial charge >= 0.3 is 0 Å². The Balaban J connectivity index is 1.48. The van der Waals surface area contributed by atoms with Crippen LogP contribution >= 0.6 is 0 Å². The van der Waals surface area contributed by atoms with E-state index < -0.39 is 5.60 Å². The van der Waals surface area contributed by atoms with Crippen LogP contribution in [0.4, 0.5) is 0 Å². The van der Waals surface area contributed by atoms with Crippen molar-refractivity contribution in [1.82, 2.24) is 10.2 Å². The molecule has 0 aromatic rings. The number of hydrogen-bond donors (Lipinski definition) is 2. The average molecular weight is 254 g/mol. The Bertz CT molecular complexity index is 300. The molecule has 0 aromatic carbocycles. The molecule has 0 spiro atoms. The molecule has 3 heterocycles. The number of hydrogen-bond acceptors (Lipinski definition) is 4. The number of nitrogens with one attached hydrogen (secondary N) is 1. The molecule has 0 amide bonds. The summed E-state index contributed by atoms with van der Waals surface area (Å²) < 4.78 is 5.48. The zero-order valence-corrected chi connectivity index (χ0v) is 11.4. The quantitative estimate of drug-likeness (QED) is 0.780. The van der Waals surface area contributed by atoms with Gasteiger partial charge in [-0.25, -0.2) is 0 Å². The number of fused-ring (bicyclic) bond motifs is 1. The number of nitrogens with zero attached hydrogens (tertiary/aromatic N) is 1. The second kappa shape index (κ2) is 5.08. The molecule has 18 heavy (non-hydrogen) atoms. The van der Waals surface area contributed by atoms with Gasteiger partial charge < -0.3 is 20.1 Å². The first-order chi connectivity index (χ1) is 8.67. The minimum absolute atomic E-state index is 0.0310. The van der Waals surface area contributed by atoms with Crippen LogP contribution in [0.3, 0.4) is 0 Å². The van der Waals surface area contributed by atoms with E-state index in [2.05, 4.69) is 10.2 Å². The van der Waals surface area contributed by atoms with Crippen molar-refractivity contribution >= 4 is 0 Å². The van der Waals surface area contributed by atoms with E-state index in [4.69, 9.17) is 4.74 Å². The molecule has 0 aromatic heterocycles. The van der Waals surface area contributed by atoms with E-state index in [9.17, 15) is 5.11 Å². The maximum atomic E-state index is 10.5. The summed E-state index contributed by atoms with van der Waals surface area (Å²) in [5, 5.41) is 14.1. The summed E-state index contributed by atoms with van der Waals surface area (Å²) in [7, 11) is 0. The van der Waals surface area contributed by atoms with Gasteiger partial charge in [-0.15, -0.1) is 0 Å². The molecule has 0 aliphatic carbocycles. The molecule has 104 valence electrons. The fourth-order valence-electron chi connectivity index (χ4n) is 3.73. The van der Waals surface area contributed by atoms with Crippen molar-refractivity contribution in [3.05, 3.63) is 0 Å². The van der Waals surface area contributed by atoms with Gasteiger partial charge in [-0.05, 0) is 45.7 Å². The highest BCUT2D eigenvalue weighted by Crippen LogP contribution is 2.28. The van der Waals surface area contributed by atoms with E-state index in [-0.39, 0.29) is 6.10 Å². The van der Waals surface area contributed by atoms with Crippen molar-refractivity contribution in [1.29, 1.82) is 0 Å². The van der Waals surface area contributed by atoms with Crippen LogP contribution in [0.25, 0.3) is 0 Å². The van der Waals surface area contributed by atoms with Crippen LogP contribution in [0.2, 0.25) is 0 Å². The SMILES string of the molecule is CC1OCCC1(O)CNC1CCN2CCCC2C1. The van der Waals surface area contributed by atoms with Crippen molar-refractivity contribution in [2.24, 2.45) is 0 Å². The van der Waals surface area contributed by atoms with Gasteiger partial charge in [0.1, 0.15) is 5.60 Å². The molecule has 0 saturated carbocycles. The normalized spacial score (nSPS) is 45.3. The topological polar surface area (TPSA) is 44.7 Å². The Kier molecular flexibility index (Phi) is 3.63. The molecule has 4 unspecified atom stereocenters. The summed E-state index contributed by atoms with van der Waals surface area (Å²) in [5.74, 6) is 0. The number of aliphatic hydroxyl groups is 1. The summed E-state index contributed by atoms with van der Waals surface area (Å²) in [6.45, 7) is 5.89. The Morgan fingerprint density at radius 1 is 1.39 bits per heavy atom. The largest absolute Gasteiger partial charge is 0.386 e. The fourth-order valence-corrected chi connectivity index (χ4v) is 3.73. The highest BCUT2D eigenvalue weighted by Gasteiger charge is 2.40. The lowest BCUT2D eigenvalue weighted by molar-refractivity contribution is -0.0291. The second-order valence-corrected chi connectivity index (χ2v) is 6.30. The van der Waals surface area contributed by atoms with Crippen LogP contribution < -0.4 is 5.32 Å². The molecule has 0 bridgehead atoms. The van der Waals surface area contributed by atoms with Gasteiger partial charge in [-0.1, -0.05) is 0 Å². The highest BCUT2D eigenvalue weighted by atomic mass is 16.5. The number of piperidine rings is 1. The summed E-state index contributed by atoms with van der Waals surface area (Å²) in [6.07, 6.45) is 5.95. The number of rotatable bonds is 3. The van der Waals surface area contributed by atoms with Crippen LogP contribution in [0.1, 0.15) is 39.0 Å². The van der Waals surface area contributed by atoms with Gasteiger partial charge in [-0.2, -0.15) is 0 Å². The third-order valence-corrected chi connectivity index (χ3v) is 5.18. The minimum Gasteiger partial charge on any atom is -0.386 e. The zero-order chi connectivity index (χ0) is 12.6. The molecular weight excluding hydrogens is 228 g/mol. The standard InChI is InChI=1S/C14H26N2O2/c1-11-14(17,5-8-18-11)10-15-12-4-7-16-6-2-3-13(16)9-12/h11-13,15,17H,2-10H2,1H3. The summed E-state index contributed by atoms with van der Waals surface area (Å²) in [4.78, 5) is 2.63. The van der Waals surface area contributed by atoms with Gasteiger partial charge in [0.25, 0.3) is 0 Å². The first kappa shape index (κ1) is 12.9. The molecule has 3 rings (SSSR count). The molecule has 4 heteroatoms. The van der Waals surface area contributed by atoms with Crippen molar-refractivity contribution in [3.8, 4) is 0 Å². The first-order valence-electron chi connectivity index (χ1n) is 7.49. The van der Waals surface area contributed by atoms with E-state index >= 15 is 0 Å². The Morgan fingerprint density at radius 3 is 3.06 bits per heavy atom. The predicted molar refractivity (Wildman–Crippen MR) is 70.6 cm³/mol. The maximum absolute atomic E-state index is 10.5. The monoisotopic (exact) mass is 254 g/mol. The molecular formula is C14H26N2O2. The molecule has 2 N–H and O–H groups in total. The van der Waals surface area contributed by atoms with Crippen molar-refractivity contribution < 1.29 is 9.84 Å². The second-order valence-electron chi connectivity index (χ2n) is 6.30. The van der Waals surface area contributed by atoms with Gasteiger partial charge in [0, 0.05) is 31.7 Å². The first-order valence-corrected chi connectivity index (χ1v) is 7.49. The summed E-state index contributed by atoms with van der Waals surface area (Å²) in [6, 6.07) is 1.38.